The molecule has 1 aliphatic rings. The Kier molecular flexibility index (Phi) is 2.97. The van der Waals surface area contributed by atoms with Gasteiger partial charge in [-0.05, 0) is 6.42 Å². The van der Waals surface area contributed by atoms with E-state index in [1.807, 2.05) is 18.2 Å². The summed E-state index contributed by atoms with van der Waals surface area (Å²) in [5.41, 5.74) is 0. The molecular weight excluding hydrogens is 124 g/mol. The van der Waals surface area contributed by atoms with E-state index in [2.05, 4.69) is 18.2 Å². The maximum Gasteiger partial charge on any atom is 0.0465 e. The zero-order valence-electron chi connectivity index (χ0n) is 5.90. The topological polar surface area (TPSA) is 20.2 Å². The Morgan fingerprint density at radius 3 is 2.60 bits per heavy atom. The average Bonchev–Trinajstić information content (AvgIpc) is 2.41. The molecule has 0 spiro atoms. The van der Waals surface area contributed by atoms with Crippen molar-refractivity contribution in [3.05, 3.63) is 36.5 Å². The largest absolute Gasteiger partial charge is 0.396 e. The predicted molar refractivity (Wildman–Crippen MR) is 42.6 cm³/mol. The molecule has 0 atom stereocenters. The summed E-state index contributed by atoms with van der Waals surface area (Å²) >= 11 is 0. The van der Waals surface area contributed by atoms with E-state index in [0.717, 1.165) is 6.42 Å². The maximum absolute atomic E-state index is 8.45. The summed E-state index contributed by atoms with van der Waals surface area (Å²) in [6.45, 7) is 0.247. The van der Waals surface area contributed by atoms with Crippen molar-refractivity contribution in [2.24, 2.45) is 5.92 Å². The van der Waals surface area contributed by atoms with Gasteiger partial charge in [0.15, 0.2) is 0 Å². The van der Waals surface area contributed by atoms with Gasteiger partial charge in [0.2, 0.25) is 0 Å². The van der Waals surface area contributed by atoms with Crippen molar-refractivity contribution in [1.29, 1.82) is 0 Å². The number of rotatable bonds is 3. The molecule has 1 heteroatoms. The van der Waals surface area contributed by atoms with E-state index >= 15 is 0 Å². The van der Waals surface area contributed by atoms with Crippen molar-refractivity contribution < 1.29 is 5.11 Å². The molecule has 1 N–H and O–H groups in total. The van der Waals surface area contributed by atoms with Gasteiger partial charge in [0.25, 0.3) is 0 Å². The van der Waals surface area contributed by atoms with Crippen LogP contribution >= 0.6 is 0 Å². The smallest absolute Gasteiger partial charge is 0.0465 e. The number of hydrogen-bond acceptors (Lipinski definition) is 1. The molecule has 0 saturated carbocycles. The highest BCUT2D eigenvalue weighted by atomic mass is 16.2. The van der Waals surface area contributed by atoms with Crippen molar-refractivity contribution in [3.63, 3.8) is 0 Å². The second kappa shape index (κ2) is 4.07. The highest BCUT2D eigenvalue weighted by Gasteiger charge is 1.95. The van der Waals surface area contributed by atoms with Gasteiger partial charge in [0.05, 0.1) is 0 Å². The van der Waals surface area contributed by atoms with Gasteiger partial charge in [0.1, 0.15) is 0 Å². The van der Waals surface area contributed by atoms with Crippen LogP contribution in [0.15, 0.2) is 36.5 Å². The van der Waals surface area contributed by atoms with Gasteiger partial charge in [-0.1, -0.05) is 36.5 Å². The first-order valence-electron chi connectivity index (χ1n) is 3.56. The van der Waals surface area contributed by atoms with Gasteiger partial charge >= 0.3 is 0 Å². The van der Waals surface area contributed by atoms with Gasteiger partial charge < -0.3 is 5.11 Å². The summed E-state index contributed by atoms with van der Waals surface area (Å²) in [6, 6.07) is 0. The lowest BCUT2D eigenvalue weighted by atomic mass is 10.1. The van der Waals surface area contributed by atoms with Crippen LogP contribution in [-0.2, 0) is 0 Å². The minimum Gasteiger partial charge on any atom is -0.396 e. The second-order valence-corrected chi connectivity index (χ2v) is 2.29. The number of aliphatic hydroxyl groups is 1. The van der Waals surface area contributed by atoms with Gasteiger partial charge in [-0.25, -0.2) is 0 Å². The molecular formula is C9H12O. The summed E-state index contributed by atoms with van der Waals surface area (Å²) in [4.78, 5) is 0. The van der Waals surface area contributed by atoms with Crippen LogP contribution in [0.25, 0.3) is 0 Å². The molecule has 0 saturated heterocycles. The lowest BCUT2D eigenvalue weighted by molar-refractivity contribution is 0.302. The molecule has 0 aromatic heterocycles. The molecule has 0 bridgehead atoms. The lowest BCUT2D eigenvalue weighted by Gasteiger charge is -1.93. The Morgan fingerprint density at radius 2 is 2.00 bits per heavy atom. The zero-order chi connectivity index (χ0) is 7.23. The van der Waals surface area contributed by atoms with Crippen molar-refractivity contribution in [1.82, 2.24) is 0 Å². The van der Waals surface area contributed by atoms with Crippen molar-refractivity contribution in [2.45, 2.75) is 6.42 Å². The molecule has 10 heavy (non-hydrogen) atoms. The third kappa shape index (κ3) is 2.19. The number of aliphatic hydroxyl groups excluding tert-OH is 1. The maximum atomic E-state index is 8.45. The third-order valence-electron chi connectivity index (χ3n) is 1.43. The van der Waals surface area contributed by atoms with E-state index < -0.39 is 0 Å². The summed E-state index contributed by atoms with van der Waals surface area (Å²) in [5.74, 6) is 0.464. The van der Waals surface area contributed by atoms with Crippen LogP contribution in [0.5, 0.6) is 0 Å². The Morgan fingerprint density at radius 1 is 1.30 bits per heavy atom. The molecule has 0 aliphatic heterocycles. The zero-order valence-corrected chi connectivity index (χ0v) is 5.90. The van der Waals surface area contributed by atoms with Crippen molar-refractivity contribution in [3.8, 4) is 0 Å². The Hall–Kier alpha value is -0.820. The minimum absolute atomic E-state index is 0.247. The molecule has 0 amide bonds. The van der Waals surface area contributed by atoms with E-state index in [9.17, 15) is 0 Å². The highest BCUT2D eigenvalue weighted by Crippen LogP contribution is 2.09. The molecule has 54 valence electrons. The molecule has 0 aromatic rings. The van der Waals surface area contributed by atoms with E-state index in [1.54, 1.807) is 0 Å². The molecule has 1 aliphatic carbocycles. The monoisotopic (exact) mass is 136 g/mol. The first-order valence-corrected chi connectivity index (χ1v) is 3.56. The number of allylic oxidation sites excluding steroid dienone is 5. The Balaban J connectivity index is 2.24. The predicted octanol–water partition coefficient (Wildman–Crippen LogP) is 1.67. The van der Waals surface area contributed by atoms with Crippen molar-refractivity contribution in [2.75, 3.05) is 6.61 Å². The van der Waals surface area contributed by atoms with Crippen LogP contribution in [-0.4, -0.2) is 11.7 Å². The van der Waals surface area contributed by atoms with Crippen LogP contribution in [0.2, 0.25) is 0 Å². The lowest BCUT2D eigenvalue weighted by Crippen LogP contribution is -1.82. The van der Waals surface area contributed by atoms with Gasteiger partial charge in [-0.2, -0.15) is 0 Å². The average molecular weight is 136 g/mol. The van der Waals surface area contributed by atoms with Gasteiger partial charge in [0, 0.05) is 12.5 Å². The molecule has 0 fully saturated rings. The van der Waals surface area contributed by atoms with E-state index in [0.29, 0.717) is 5.92 Å². The van der Waals surface area contributed by atoms with Crippen LogP contribution in [0.4, 0.5) is 0 Å². The minimum atomic E-state index is 0.247. The quantitative estimate of drug-likeness (QED) is 0.585. The van der Waals surface area contributed by atoms with Gasteiger partial charge in [-0.15, -0.1) is 0 Å². The molecule has 1 rings (SSSR count). The molecule has 1 nitrogen and oxygen atoms in total. The normalized spacial score (nSPS) is 17.7. The first kappa shape index (κ1) is 7.29. The van der Waals surface area contributed by atoms with E-state index in [-0.39, 0.29) is 6.61 Å². The standard InChI is InChI=1S/C9H12O/c10-8-4-3-7-9-5-1-2-6-9/h1-3,5-7,9-10H,4,8H2. The molecule has 0 unspecified atom stereocenters. The summed E-state index contributed by atoms with van der Waals surface area (Å²) in [5, 5.41) is 8.45. The Labute approximate surface area is 61.4 Å². The van der Waals surface area contributed by atoms with Crippen LogP contribution in [0.3, 0.4) is 0 Å². The fourth-order valence-electron chi connectivity index (χ4n) is 0.905. The molecule has 0 radical (unpaired) electrons. The van der Waals surface area contributed by atoms with E-state index in [4.69, 9.17) is 5.11 Å². The highest BCUT2D eigenvalue weighted by molar-refractivity contribution is 5.22. The number of hydrogen-bond donors (Lipinski definition) is 1. The van der Waals surface area contributed by atoms with Gasteiger partial charge in [-0.3, -0.25) is 0 Å². The summed E-state index contributed by atoms with van der Waals surface area (Å²) in [7, 11) is 0. The Bertz CT molecular complexity index is 154. The first-order chi connectivity index (χ1) is 4.93. The third-order valence-corrected chi connectivity index (χ3v) is 1.43. The van der Waals surface area contributed by atoms with Crippen LogP contribution < -0.4 is 0 Å². The SMILES string of the molecule is OCCC=CC1C=CC=C1. The molecule has 0 heterocycles. The second-order valence-electron chi connectivity index (χ2n) is 2.29. The van der Waals surface area contributed by atoms with E-state index in [1.165, 1.54) is 0 Å². The van der Waals surface area contributed by atoms with Crippen LogP contribution in [0.1, 0.15) is 6.42 Å². The molecule has 0 aromatic carbocycles. The fraction of sp³-hybridized carbons (Fsp3) is 0.333. The summed E-state index contributed by atoms with van der Waals surface area (Å²) in [6.07, 6.45) is 13.2. The fourth-order valence-corrected chi connectivity index (χ4v) is 0.905. The van der Waals surface area contributed by atoms with Crippen molar-refractivity contribution >= 4 is 0 Å². The summed E-state index contributed by atoms with van der Waals surface area (Å²) < 4.78 is 0. The van der Waals surface area contributed by atoms with Crippen LogP contribution in [0, 0.1) is 5.92 Å².